The first-order valence-corrected chi connectivity index (χ1v) is 8.57. The molecule has 0 unspecified atom stereocenters. The summed E-state index contributed by atoms with van der Waals surface area (Å²) in [6, 6.07) is 8.65. The van der Waals surface area contributed by atoms with Crippen LogP contribution in [0.5, 0.6) is 28.7 Å². The molecule has 1 N–H and O–H groups in total. The fourth-order valence-corrected chi connectivity index (χ4v) is 2.90. The highest BCUT2D eigenvalue weighted by Gasteiger charge is 2.20. The molecule has 0 aliphatic carbocycles. The molecule has 0 spiro atoms. The maximum Gasteiger partial charge on any atom is 0.252 e. The van der Waals surface area contributed by atoms with Gasteiger partial charge in [-0.25, -0.2) is 0 Å². The Morgan fingerprint density at radius 1 is 0.963 bits per heavy atom. The van der Waals surface area contributed by atoms with Crippen molar-refractivity contribution in [2.75, 3.05) is 34.5 Å². The van der Waals surface area contributed by atoms with E-state index in [-0.39, 0.29) is 11.9 Å². The molecule has 0 aromatic heterocycles. The van der Waals surface area contributed by atoms with Gasteiger partial charge in [-0.15, -0.1) is 0 Å². The van der Waals surface area contributed by atoms with Crippen LogP contribution in [0.25, 0.3) is 0 Å². The van der Waals surface area contributed by atoms with Gasteiger partial charge >= 0.3 is 0 Å². The number of nitrogens with one attached hydrogen (secondary N) is 1. The zero-order valence-corrected chi connectivity index (χ0v) is 15.8. The van der Waals surface area contributed by atoms with Gasteiger partial charge in [0, 0.05) is 5.56 Å². The third-order valence-corrected chi connectivity index (χ3v) is 4.34. The van der Waals surface area contributed by atoms with Crippen molar-refractivity contribution in [3.63, 3.8) is 0 Å². The summed E-state index contributed by atoms with van der Waals surface area (Å²) in [6.07, 6.45) is 0. The fraction of sp³-hybridized carbons (Fsp3) is 0.350. The van der Waals surface area contributed by atoms with Crippen LogP contribution in [-0.2, 0) is 0 Å². The number of methoxy groups -OCH3 is 3. The molecule has 0 saturated carbocycles. The Labute approximate surface area is 158 Å². The van der Waals surface area contributed by atoms with Gasteiger partial charge in [0.1, 0.15) is 13.2 Å². The number of amides is 1. The normalized spacial score (nSPS) is 13.5. The lowest BCUT2D eigenvalue weighted by Gasteiger charge is -2.21. The Kier molecular flexibility index (Phi) is 5.59. The van der Waals surface area contributed by atoms with Gasteiger partial charge < -0.3 is 29.0 Å². The van der Waals surface area contributed by atoms with E-state index in [2.05, 4.69) is 5.32 Å². The average molecular weight is 373 g/mol. The molecule has 0 fully saturated rings. The van der Waals surface area contributed by atoms with E-state index in [1.54, 1.807) is 12.1 Å². The molecule has 1 amide bonds. The molecule has 7 heteroatoms. The fourth-order valence-electron chi connectivity index (χ4n) is 2.90. The maximum absolute atomic E-state index is 12.7. The summed E-state index contributed by atoms with van der Waals surface area (Å²) in [6.45, 7) is 2.96. The summed E-state index contributed by atoms with van der Waals surface area (Å²) in [7, 11) is 4.54. The van der Waals surface area contributed by atoms with Crippen LogP contribution in [-0.4, -0.2) is 40.5 Å². The number of ether oxygens (including phenoxy) is 5. The number of fused-ring (bicyclic) bond motifs is 1. The second-order valence-electron chi connectivity index (χ2n) is 6.01. The highest BCUT2D eigenvalue weighted by atomic mass is 16.6. The van der Waals surface area contributed by atoms with Crippen molar-refractivity contribution >= 4 is 5.91 Å². The summed E-state index contributed by atoms with van der Waals surface area (Å²) in [5, 5.41) is 2.97. The smallest absolute Gasteiger partial charge is 0.252 e. The molecule has 1 heterocycles. The molecule has 3 rings (SSSR count). The molecule has 2 aromatic carbocycles. The van der Waals surface area contributed by atoms with E-state index in [0.717, 1.165) is 5.56 Å². The number of hydrogen-bond donors (Lipinski definition) is 1. The molecule has 7 nitrogen and oxygen atoms in total. The minimum atomic E-state index is -0.253. The molecular weight excluding hydrogens is 350 g/mol. The van der Waals surface area contributed by atoms with Crippen LogP contribution in [0.1, 0.15) is 28.9 Å². The van der Waals surface area contributed by atoms with E-state index in [0.29, 0.717) is 47.5 Å². The van der Waals surface area contributed by atoms with Gasteiger partial charge in [-0.1, -0.05) is 6.07 Å². The summed E-state index contributed by atoms with van der Waals surface area (Å²) in [5.41, 5.74) is 1.33. The van der Waals surface area contributed by atoms with Crippen molar-refractivity contribution in [2.45, 2.75) is 13.0 Å². The van der Waals surface area contributed by atoms with Crippen molar-refractivity contribution in [2.24, 2.45) is 0 Å². The summed E-state index contributed by atoms with van der Waals surface area (Å²) < 4.78 is 27.0. The number of hydrogen-bond acceptors (Lipinski definition) is 6. The summed E-state index contributed by atoms with van der Waals surface area (Å²) >= 11 is 0. The first-order valence-electron chi connectivity index (χ1n) is 8.57. The second kappa shape index (κ2) is 8.07. The van der Waals surface area contributed by atoms with E-state index >= 15 is 0 Å². The van der Waals surface area contributed by atoms with E-state index in [4.69, 9.17) is 23.7 Å². The highest BCUT2D eigenvalue weighted by Crippen LogP contribution is 2.38. The van der Waals surface area contributed by atoms with Crippen LogP contribution < -0.4 is 29.0 Å². The molecule has 0 radical (unpaired) electrons. The molecule has 1 atom stereocenters. The van der Waals surface area contributed by atoms with Gasteiger partial charge in [0.15, 0.2) is 23.0 Å². The number of rotatable bonds is 6. The van der Waals surface area contributed by atoms with Crippen LogP contribution in [0.15, 0.2) is 30.3 Å². The van der Waals surface area contributed by atoms with Crippen molar-refractivity contribution in [3.05, 3.63) is 41.5 Å². The molecule has 0 saturated heterocycles. The second-order valence-corrected chi connectivity index (χ2v) is 6.01. The van der Waals surface area contributed by atoms with Crippen LogP contribution in [0, 0.1) is 0 Å². The van der Waals surface area contributed by atoms with E-state index in [1.807, 2.05) is 25.1 Å². The predicted octanol–water partition coefficient (Wildman–Crippen LogP) is 2.97. The lowest BCUT2D eigenvalue weighted by molar-refractivity contribution is 0.0939. The van der Waals surface area contributed by atoms with Crippen LogP contribution in [0.4, 0.5) is 0 Å². The van der Waals surface area contributed by atoms with Crippen molar-refractivity contribution < 1.29 is 28.5 Å². The first-order chi connectivity index (χ1) is 13.1. The standard InChI is InChI=1S/C20H23NO6/c1-12(13-5-6-15-16(9-13)27-8-7-26-15)21-20(22)14-10-17(23-2)19(25-4)18(11-14)24-3/h5-6,9-12H,7-8H2,1-4H3,(H,21,22)/t12-/m1/s1. The maximum atomic E-state index is 12.7. The van der Waals surface area contributed by atoms with E-state index in [1.165, 1.54) is 21.3 Å². The quantitative estimate of drug-likeness (QED) is 0.839. The van der Waals surface area contributed by atoms with Gasteiger partial charge in [-0.3, -0.25) is 4.79 Å². The van der Waals surface area contributed by atoms with Crippen molar-refractivity contribution in [1.29, 1.82) is 0 Å². The lowest BCUT2D eigenvalue weighted by Crippen LogP contribution is -2.27. The molecule has 144 valence electrons. The van der Waals surface area contributed by atoms with E-state index in [9.17, 15) is 4.79 Å². The average Bonchev–Trinajstić information content (AvgIpc) is 2.71. The number of carbonyl (C=O) groups excluding carboxylic acids is 1. The zero-order chi connectivity index (χ0) is 19.4. The highest BCUT2D eigenvalue weighted by molar-refractivity contribution is 5.95. The Morgan fingerprint density at radius 2 is 1.59 bits per heavy atom. The third-order valence-electron chi connectivity index (χ3n) is 4.34. The Morgan fingerprint density at radius 3 is 2.19 bits per heavy atom. The minimum Gasteiger partial charge on any atom is -0.493 e. The van der Waals surface area contributed by atoms with Crippen LogP contribution in [0.2, 0.25) is 0 Å². The molecule has 1 aliphatic heterocycles. The minimum absolute atomic E-state index is 0.229. The van der Waals surface area contributed by atoms with Crippen molar-refractivity contribution in [1.82, 2.24) is 5.32 Å². The molecule has 27 heavy (non-hydrogen) atoms. The van der Waals surface area contributed by atoms with Crippen LogP contribution >= 0.6 is 0 Å². The lowest BCUT2D eigenvalue weighted by atomic mass is 10.1. The Bertz CT molecular complexity index is 810. The third kappa shape index (κ3) is 3.86. The number of benzene rings is 2. The van der Waals surface area contributed by atoms with Gasteiger partial charge in [0.25, 0.3) is 5.91 Å². The first kappa shape index (κ1) is 18.7. The van der Waals surface area contributed by atoms with E-state index < -0.39 is 0 Å². The van der Waals surface area contributed by atoms with Gasteiger partial charge in [0.05, 0.1) is 27.4 Å². The summed E-state index contributed by atoms with van der Waals surface area (Å²) in [5.74, 6) is 2.44. The predicted molar refractivity (Wildman–Crippen MR) is 99.4 cm³/mol. The zero-order valence-electron chi connectivity index (χ0n) is 15.8. The van der Waals surface area contributed by atoms with Crippen molar-refractivity contribution in [3.8, 4) is 28.7 Å². The molecular formula is C20H23NO6. The Balaban J connectivity index is 1.80. The van der Waals surface area contributed by atoms with Gasteiger partial charge in [-0.05, 0) is 36.8 Å². The number of carbonyl (C=O) groups is 1. The molecule has 1 aliphatic rings. The Hall–Kier alpha value is -3.09. The monoisotopic (exact) mass is 373 g/mol. The van der Waals surface area contributed by atoms with Gasteiger partial charge in [-0.2, -0.15) is 0 Å². The topological polar surface area (TPSA) is 75.3 Å². The van der Waals surface area contributed by atoms with Gasteiger partial charge in [0.2, 0.25) is 5.75 Å². The van der Waals surface area contributed by atoms with Crippen LogP contribution in [0.3, 0.4) is 0 Å². The SMILES string of the molecule is COc1cc(C(=O)N[C@H](C)c2ccc3c(c2)OCCO3)cc(OC)c1OC. The largest absolute Gasteiger partial charge is 0.493 e. The molecule has 0 bridgehead atoms. The molecule has 2 aromatic rings. The summed E-state index contributed by atoms with van der Waals surface area (Å²) in [4.78, 5) is 12.7.